The van der Waals surface area contributed by atoms with Gasteiger partial charge in [0.1, 0.15) is 0 Å². The molecule has 1 aromatic rings. The van der Waals surface area contributed by atoms with Crippen LogP contribution in [0.2, 0.25) is 0 Å². The molecule has 1 atom stereocenters. The predicted octanol–water partition coefficient (Wildman–Crippen LogP) is 1.68. The largest absolute Gasteiger partial charge is 0.314 e. The van der Waals surface area contributed by atoms with Crippen molar-refractivity contribution in [3.63, 3.8) is 0 Å². The average molecular weight is 176 g/mol. The topological polar surface area (TPSA) is 24.9 Å². The standard InChI is InChI=1S/C11H16N2/c1-9-4-6-12-8-10(9)7-11-3-2-5-13-11/h4,6,8,11,13H,2-3,5,7H2,1H3. The van der Waals surface area contributed by atoms with E-state index in [0.29, 0.717) is 6.04 Å². The number of aromatic nitrogens is 1. The molecule has 0 bridgehead atoms. The van der Waals surface area contributed by atoms with Crippen LogP contribution in [0.5, 0.6) is 0 Å². The van der Waals surface area contributed by atoms with Gasteiger partial charge in [0.25, 0.3) is 0 Å². The number of nitrogens with one attached hydrogen (secondary N) is 1. The van der Waals surface area contributed by atoms with Crippen LogP contribution in [0.1, 0.15) is 24.0 Å². The highest BCUT2D eigenvalue weighted by Crippen LogP contribution is 2.13. The summed E-state index contributed by atoms with van der Waals surface area (Å²) in [5.41, 5.74) is 2.76. The van der Waals surface area contributed by atoms with Crippen LogP contribution in [0.25, 0.3) is 0 Å². The Balaban J connectivity index is 2.04. The van der Waals surface area contributed by atoms with Gasteiger partial charge in [-0.3, -0.25) is 4.98 Å². The zero-order valence-corrected chi connectivity index (χ0v) is 8.09. The van der Waals surface area contributed by atoms with Gasteiger partial charge in [-0.25, -0.2) is 0 Å². The molecule has 1 unspecified atom stereocenters. The first kappa shape index (κ1) is 8.70. The van der Waals surface area contributed by atoms with Gasteiger partial charge in [-0.1, -0.05) is 0 Å². The maximum Gasteiger partial charge on any atom is 0.0303 e. The van der Waals surface area contributed by atoms with Gasteiger partial charge in [0, 0.05) is 18.4 Å². The minimum atomic E-state index is 0.683. The van der Waals surface area contributed by atoms with Crippen LogP contribution in [-0.4, -0.2) is 17.6 Å². The van der Waals surface area contributed by atoms with E-state index in [9.17, 15) is 0 Å². The summed E-state index contributed by atoms with van der Waals surface area (Å²) in [7, 11) is 0. The molecule has 2 rings (SSSR count). The highest BCUT2D eigenvalue weighted by Gasteiger charge is 2.14. The van der Waals surface area contributed by atoms with E-state index in [1.54, 1.807) is 0 Å². The molecule has 13 heavy (non-hydrogen) atoms. The molecule has 0 amide bonds. The molecule has 0 spiro atoms. The first-order chi connectivity index (χ1) is 6.36. The molecule has 1 fully saturated rings. The van der Waals surface area contributed by atoms with Crippen LogP contribution >= 0.6 is 0 Å². The van der Waals surface area contributed by atoms with Crippen LogP contribution in [0.15, 0.2) is 18.5 Å². The van der Waals surface area contributed by atoms with Crippen molar-refractivity contribution in [3.8, 4) is 0 Å². The van der Waals surface area contributed by atoms with Crippen LogP contribution in [0, 0.1) is 6.92 Å². The van der Waals surface area contributed by atoms with Crippen molar-refractivity contribution < 1.29 is 0 Å². The molecule has 1 aliphatic heterocycles. The summed E-state index contributed by atoms with van der Waals surface area (Å²) in [6.07, 6.45) is 7.63. The second-order valence-corrected chi connectivity index (χ2v) is 3.80. The average Bonchev–Trinajstić information content (AvgIpc) is 2.61. The van der Waals surface area contributed by atoms with E-state index in [0.717, 1.165) is 6.42 Å². The molecule has 0 radical (unpaired) electrons. The van der Waals surface area contributed by atoms with Crippen molar-refractivity contribution in [2.75, 3.05) is 6.54 Å². The summed E-state index contributed by atoms with van der Waals surface area (Å²) in [6.45, 7) is 3.34. The van der Waals surface area contributed by atoms with Gasteiger partial charge in [-0.05, 0) is 49.9 Å². The van der Waals surface area contributed by atoms with E-state index in [1.807, 2.05) is 12.4 Å². The summed E-state index contributed by atoms with van der Waals surface area (Å²) in [5.74, 6) is 0. The molecule has 2 heteroatoms. The lowest BCUT2D eigenvalue weighted by molar-refractivity contribution is 0.600. The number of pyridine rings is 1. The summed E-state index contributed by atoms with van der Waals surface area (Å²) in [4.78, 5) is 4.16. The Bertz CT molecular complexity index is 277. The molecule has 1 aromatic heterocycles. The zero-order valence-electron chi connectivity index (χ0n) is 8.09. The van der Waals surface area contributed by atoms with Gasteiger partial charge in [0.05, 0.1) is 0 Å². The molecule has 0 aliphatic carbocycles. The second kappa shape index (κ2) is 3.88. The molecular weight excluding hydrogens is 160 g/mol. The van der Waals surface area contributed by atoms with E-state index >= 15 is 0 Å². The first-order valence-electron chi connectivity index (χ1n) is 4.99. The van der Waals surface area contributed by atoms with Crippen molar-refractivity contribution >= 4 is 0 Å². The fourth-order valence-electron chi connectivity index (χ4n) is 1.91. The normalized spacial score (nSPS) is 22.1. The van der Waals surface area contributed by atoms with Crippen molar-refractivity contribution in [3.05, 3.63) is 29.6 Å². The third-order valence-corrected chi connectivity index (χ3v) is 2.78. The van der Waals surface area contributed by atoms with Crippen molar-refractivity contribution in [2.24, 2.45) is 0 Å². The number of nitrogens with zero attached hydrogens (tertiary/aromatic N) is 1. The first-order valence-corrected chi connectivity index (χ1v) is 4.99. The monoisotopic (exact) mass is 176 g/mol. The number of aryl methyl sites for hydroxylation is 1. The van der Waals surface area contributed by atoms with Gasteiger partial charge >= 0.3 is 0 Å². The molecule has 2 nitrogen and oxygen atoms in total. The summed E-state index contributed by atoms with van der Waals surface area (Å²) in [5, 5.41) is 3.50. The maximum absolute atomic E-state index is 4.16. The van der Waals surface area contributed by atoms with E-state index in [2.05, 4.69) is 23.3 Å². The summed E-state index contributed by atoms with van der Waals surface area (Å²) >= 11 is 0. The molecule has 70 valence electrons. The van der Waals surface area contributed by atoms with Gasteiger partial charge in [-0.2, -0.15) is 0 Å². The van der Waals surface area contributed by atoms with Crippen molar-refractivity contribution in [1.82, 2.24) is 10.3 Å². The van der Waals surface area contributed by atoms with E-state index in [4.69, 9.17) is 0 Å². The van der Waals surface area contributed by atoms with Crippen molar-refractivity contribution in [2.45, 2.75) is 32.2 Å². The Labute approximate surface area is 79.4 Å². The van der Waals surface area contributed by atoms with E-state index in [1.165, 1.54) is 30.5 Å². The van der Waals surface area contributed by atoms with Gasteiger partial charge in [0.15, 0.2) is 0 Å². The summed E-state index contributed by atoms with van der Waals surface area (Å²) < 4.78 is 0. The number of hydrogen-bond donors (Lipinski definition) is 1. The van der Waals surface area contributed by atoms with E-state index in [-0.39, 0.29) is 0 Å². The molecule has 1 saturated heterocycles. The highest BCUT2D eigenvalue weighted by molar-refractivity contribution is 5.22. The third-order valence-electron chi connectivity index (χ3n) is 2.78. The molecule has 0 aromatic carbocycles. The molecule has 1 N–H and O–H groups in total. The smallest absolute Gasteiger partial charge is 0.0303 e. The SMILES string of the molecule is Cc1ccncc1CC1CCCN1. The fourth-order valence-corrected chi connectivity index (χ4v) is 1.91. The second-order valence-electron chi connectivity index (χ2n) is 3.80. The van der Waals surface area contributed by atoms with Crippen molar-refractivity contribution in [1.29, 1.82) is 0 Å². The number of rotatable bonds is 2. The van der Waals surface area contributed by atoms with Gasteiger partial charge < -0.3 is 5.32 Å². The lowest BCUT2D eigenvalue weighted by Gasteiger charge is -2.11. The number of hydrogen-bond acceptors (Lipinski definition) is 2. The fraction of sp³-hybridized carbons (Fsp3) is 0.545. The summed E-state index contributed by atoms with van der Waals surface area (Å²) in [6, 6.07) is 2.77. The van der Waals surface area contributed by atoms with E-state index < -0.39 is 0 Å². The Morgan fingerprint density at radius 2 is 2.54 bits per heavy atom. The van der Waals surface area contributed by atoms with Gasteiger partial charge in [-0.15, -0.1) is 0 Å². The minimum absolute atomic E-state index is 0.683. The third kappa shape index (κ3) is 2.07. The Kier molecular flexibility index (Phi) is 2.60. The van der Waals surface area contributed by atoms with Crippen LogP contribution in [-0.2, 0) is 6.42 Å². The van der Waals surface area contributed by atoms with Crippen LogP contribution in [0.3, 0.4) is 0 Å². The lowest BCUT2D eigenvalue weighted by Crippen LogP contribution is -2.23. The molecule has 1 aliphatic rings. The minimum Gasteiger partial charge on any atom is -0.314 e. The zero-order chi connectivity index (χ0) is 9.10. The Morgan fingerprint density at radius 3 is 3.23 bits per heavy atom. The van der Waals surface area contributed by atoms with Gasteiger partial charge in [0.2, 0.25) is 0 Å². The Hall–Kier alpha value is -0.890. The molecular formula is C11H16N2. The molecule has 0 saturated carbocycles. The van der Waals surface area contributed by atoms with Crippen LogP contribution in [0.4, 0.5) is 0 Å². The Morgan fingerprint density at radius 1 is 1.62 bits per heavy atom. The lowest BCUT2D eigenvalue weighted by atomic mass is 10.0. The maximum atomic E-state index is 4.16. The highest BCUT2D eigenvalue weighted by atomic mass is 14.9. The molecule has 2 heterocycles. The van der Waals surface area contributed by atoms with Crippen LogP contribution < -0.4 is 5.32 Å². The quantitative estimate of drug-likeness (QED) is 0.741. The predicted molar refractivity (Wildman–Crippen MR) is 53.7 cm³/mol.